The van der Waals surface area contributed by atoms with Crippen molar-refractivity contribution in [3.05, 3.63) is 60.1 Å². The van der Waals surface area contributed by atoms with Gasteiger partial charge in [0.2, 0.25) is 5.91 Å². The summed E-state index contributed by atoms with van der Waals surface area (Å²) in [5, 5.41) is 2.54. The van der Waals surface area contributed by atoms with Crippen molar-refractivity contribution in [1.82, 2.24) is 19.6 Å². The lowest BCUT2D eigenvalue weighted by Crippen LogP contribution is -2.51. The zero-order valence-corrected chi connectivity index (χ0v) is 22.2. The highest BCUT2D eigenvalue weighted by Crippen LogP contribution is 2.29. The van der Waals surface area contributed by atoms with Gasteiger partial charge in [0.15, 0.2) is 0 Å². The standard InChI is InChI=1S/C27H28F2N6O6/c1-40-25(37)7-4-19-15-35(27(39)41-19)18-3-5-22(20(29)12-18)32-8-10-33(11-9-32)24(36)13-30-26(38)21-16-34-14-17(28)2-6-23(34)31-21/h2-3,5-6,12,14,16,19H,4,7-11,13,15H2,1H3,(H,30,38)/t19-/m0/s1. The Bertz CT molecular complexity index is 1490. The monoisotopic (exact) mass is 570 g/mol. The average molecular weight is 571 g/mol. The van der Waals surface area contributed by atoms with E-state index < -0.39 is 35.7 Å². The highest BCUT2D eigenvalue weighted by molar-refractivity contribution is 5.95. The van der Waals surface area contributed by atoms with E-state index in [4.69, 9.17) is 4.74 Å². The van der Waals surface area contributed by atoms with Gasteiger partial charge in [-0.3, -0.25) is 19.3 Å². The zero-order valence-electron chi connectivity index (χ0n) is 22.2. The first-order valence-electron chi connectivity index (χ1n) is 13.0. The van der Waals surface area contributed by atoms with Crippen molar-refractivity contribution in [1.29, 1.82) is 0 Å². The number of nitrogens with one attached hydrogen (secondary N) is 1. The molecule has 0 unspecified atom stereocenters. The Morgan fingerprint density at radius 1 is 1.10 bits per heavy atom. The minimum Gasteiger partial charge on any atom is -0.469 e. The fraction of sp³-hybridized carbons (Fsp3) is 0.370. The van der Waals surface area contributed by atoms with Gasteiger partial charge in [-0.1, -0.05) is 0 Å². The molecule has 1 atom stereocenters. The molecular weight excluding hydrogens is 542 g/mol. The summed E-state index contributed by atoms with van der Waals surface area (Å²) in [6.07, 6.45) is 1.90. The van der Waals surface area contributed by atoms with Gasteiger partial charge in [-0.05, 0) is 36.8 Å². The smallest absolute Gasteiger partial charge is 0.414 e. The van der Waals surface area contributed by atoms with Gasteiger partial charge in [-0.15, -0.1) is 0 Å². The Labute approximate surface area is 233 Å². The number of cyclic esters (lactones) is 1. The Morgan fingerprint density at radius 2 is 1.88 bits per heavy atom. The van der Waals surface area contributed by atoms with Crippen molar-refractivity contribution >= 4 is 40.9 Å². The number of esters is 1. The molecular formula is C27H28F2N6O6. The van der Waals surface area contributed by atoms with E-state index in [2.05, 4.69) is 15.0 Å². The number of ether oxygens (including phenoxy) is 2. The number of rotatable bonds is 8. The van der Waals surface area contributed by atoms with Crippen LogP contribution in [0, 0.1) is 11.6 Å². The summed E-state index contributed by atoms with van der Waals surface area (Å²) in [5.41, 5.74) is 1.15. The number of carbonyl (C=O) groups excluding carboxylic acids is 4. The highest BCUT2D eigenvalue weighted by Gasteiger charge is 2.33. The van der Waals surface area contributed by atoms with Gasteiger partial charge in [0.1, 0.15) is 29.1 Å². The third-order valence-electron chi connectivity index (χ3n) is 7.04. The van der Waals surface area contributed by atoms with Crippen LogP contribution in [0.1, 0.15) is 23.3 Å². The summed E-state index contributed by atoms with van der Waals surface area (Å²) < 4.78 is 39.8. The van der Waals surface area contributed by atoms with Gasteiger partial charge >= 0.3 is 12.1 Å². The van der Waals surface area contributed by atoms with Crippen LogP contribution in [0.15, 0.2) is 42.7 Å². The van der Waals surface area contributed by atoms with E-state index in [0.717, 1.165) is 0 Å². The van der Waals surface area contributed by atoms with Crippen LogP contribution in [0.2, 0.25) is 0 Å². The third-order valence-corrected chi connectivity index (χ3v) is 7.04. The number of hydrogen-bond acceptors (Lipinski definition) is 8. The molecule has 12 nitrogen and oxygen atoms in total. The van der Waals surface area contributed by atoms with Crippen molar-refractivity contribution < 1.29 is 37.4 Å². The molecule has 3 amide bonds. The van der Waals surface area contributed by atoms with E-state index in [1.807, 2.05) is 0 Å². The summed E-state index contributed by atoms with van der Waals surface area (Å²) in [4.78, 5) is 57.6. The minimum atomic E-state index is -0.610. The molecule has 2 aromatic heterocycles. The molecule has 41 heavy (non-hydrogen) atoms. The second kappa shape index (κ2) is 11.8. The molecule has 2 aliphatic heterocycles. The number of imidazole rings is 1. The number of hydrogen-bond donors (Lipinski definition) is 1. The first-order chi connectivity index (χ1) is 19.7. The van der Waals surface area contributed by atoms with Crippen molar-refractivity contribution in [2.45, 2.75) is 18.9 Å². The van der Waals surface area contributed by atoms with Gasteiger partial charge < -0.3 is 29.0 Å². The Morgan fingerprint density at radius 3 is 2.61 bits per heavy atom. The van der Waals surface area contributed by atoms with Gasteiger partial charge in [0.25, 0.3) is 5.91 Å². The van der Waals surface area contributed by atoms with Crippen LogP contribution < -0.4 is 15.1 Å². The number of pyridine rings is 1. The molecule has 14 heteroatoms. The van der Waals surface area contributed by atoms with Crippen LogP contribution in [-0.2, 0) is 19.1 Å². The summed E-state index contributed by atoms with van der Waals surface area (Å²) >= 11 is 0. The second-order valence-electron chi connectivity index (χ2n) is 9.66. The number of aromatic nitrogens is 2. The quantitative estimate of drug-likeness (QED) is 0.408. The number of benzene rings is 1. The van der Waals surface area contributed by atoms with Crippen LogP contribution >= 0.6 is 0 Å². The zero-order chi connectivity index (χ0) is 29.1. The molecule has 0 aliphatic carbocycles. The lowest BCUT2D eigenvalue weighted by Gasteiger charge is -2.36. The summed E-state index contributed by atoms with van der Waals surface area (Å²) in [6, 6.07) is 7.16. The topological polar surface area (TPSA) is 126 Å². The Kier molecular flexibility index (Phi) is 7.99. The van der Waals surface area contributed by atoms with E-state index in [-0.39, 0.29) is 31.1 Å². The lowest BCUT2D eigenvalue weighted by molar-refractivity contribution is -0.141. The molecule has 5 rings (SSSR count). The Hall–Kier alpha value is -4.75. The SMILES string of the molecule is COC(=O)CC[C@H]1CN(c2ccc(N3CCN(C(=O)CNC(=O)c4cn5cc(F)ccc5n4)CC3)c(F)c2)C(=O)O1. The van der Waals surface area contributed by atoms with E-state index >= 15 is 4.39 Å². The molecule has 0 radical (unpaired) electrons. The molecule has 0 saturated carbocycles. The largest absolute Gasteiger partial charge is 0.469 e. The fourth-order valence-corrected chi connectivity index (χ4v) is 4.81. The van der Waals surface area contributed by atoms with E-state index in [1.54, 1.807) is 21.9 Å². The molecule has 1 aromatic carbocycles. The second-order valence-corrected chi connectivity index (χ2v) is 9.66. The van der Waals surface area contributed by atoms with Crippen LogP contribution in [0.4, 0.5) is 25.0 Å². The number of carbonyl (C=O) groups is 4. The van der Waals surface area contributed by atoms with Crippen molar-refractivity contribution in [3.63, 3.8) is 0 Å². The number of fused-ring (bicyclic) bond motifs is 1. The first-order valence-corrected chi connectivity index (χ1v) is 13.0. The van der Waals surface area contributed by atoms with Crippen LogP contribution in [-0.4, -0.2) is 90.6 Å². The normalized spacial score (nSPS) is 17.1. The van der Waals surface area contributed by atoms with E-state index in [9.17, 15) is 23.6 Å². The van der Waals surface area contributed by atoms with Gasteiger partial charge in [-0.2, -0.15) is 0 Å². The number of methoxy groups -OCH3 is 1. The minimum absolute atomic E-state index is 0.0612. The first kappa shape index (κ1) is 27.8. The highest BCUT2D eigenvalue weighted by atomic mass is 19.1. The maximum Gasteiger partial charge on any atom is 0.414 e. The number of halogens is 2. The number of nitrogens with zero attached hydrogens (tertiary/aromatic N) is 5. The fourth-order valence-electron chi connectivity index (χ4n) is 4.81. The molecule has 216 valence electrons. The van der Waals surface area contributed by atoms with E-state index in [1.165, 1.54) is 47.0 Å². The maximum atomic E-state index is 15.1. The van der Waals surface area contributed by atoms with E-state index in [0.29, 0.717) is 49.6 Å². The molecule has 1 N–H and O–H groups in total. The van der Waals surface area contributed by atoms with Gasteiger partial charge in [-0.25, -0.2) is 18.6 Å². The predicted octanol–water partition coefficient (Wildman–Crippen LogP) is 1.97. The number of amides is 3. The summed E-state index contributed by atoms with van der Waals surface area (Å²) in [5.74, 6) is -2.24. The summed E-state index contributed by atoms with van der Waals surface area (Å²) in [7, 11) is 1.29. The maximum absolute atomic E-state index is 15.1. The number of anilines is 2. The predicted molar refractivity (Wildman–Crippen MR) is 142 cm³/mol. The molecule has 0 bridgehead atoms. The molecule has 2 aliphatic rings. The average Bonchev–Trinajstić information content (AvgIpc) is 3.57. The van der Waals surface area contributed by atoms with Crippen LogP contribution in [0.25, 0.3) is 5.65 Å². The molecule has 2 saturated heterocycles. The molecule has 2 fully saturated rings. The van der Waals surface area contributed by atoms with Crippen molar-refractivity contribution in [2.75, 3.05) is 56.2 Å². The summed E-state index contributed by atoms with van der Waals surface area (Å²) in [6.45, 7) is 1.34. The van der Waals surface area contributed by atoms with Gasteiger partial charge in [0.05, 0.1) is 31.6 Å². The van der Waals surface area contributed by atoms with Crippen LogP contribution in [0.5, 0.6) is 0 Å². The van der Waals surface area contributed by atoms with Crippen molar-refractivity contribution in [2.24, 2.45) is 0 Å². The van der Waals surface area contributed by atoms with Crippen molar-refractivity contribution in [3.8, 4) is 0 Å². The molecule has 0 spiro atoms. The van der Waals surface area contributed by atoms with Crippen LogP contribution in [0.3, 0.4) is 0 Å². The van der Waals surface area contributed by atoms with Gasteiger partial charge in [0, 0.05) is 45.0 Å². The Balaban J connectivity index is 1.11. The third kappa shape index (κ3) is 6.21. The lowest BCUT2D eigenvalue weighted by atomic mass is 10.1. The molecule has 3 aromatic rings. The number of piperazine rings is 1. The molecule has 4 heterocycles.